The fourth-order valence-corrected chi connectivity index (χ4v) is 6.53. The van der Waals surface area contributed by atoms with Gasteiger partial charge in [-0.15, -0.1) is 36.8 Å². The second-order valence-electron chi connectivity index (χ2n) is 14.3. The SMILES string of the molecule is CC(C)(C)c1c[c-]c2c(c1)-c1cc(C(C)(C)C)ccc1C2.Cc1cccc(C[C](=[Zr+2])Cc2cccc(C)c2)c1.Cl.Cl.[C-]1=CC=CC1. The summed E-state index contributed by atoms with van der Waals surface area (Å²) in [5, 5.41) is 0. The fourth-order valence-electron chi connectivity index (χ4n) is 5.52. The van der Waals surface area contributed by atoms with Gasteiger partial charge >= 0.3 is 125 Å². The van der Waals surface area contributed by atoms with Gasteiger partial charge in [-0.25, -0.2) is 12.2 Å². The maximum Gasteiger partial charge on any atom is -0.109 e. The van der Waals surface area contributed by atoms with E-state index in [2.05, 4.69) is 152 Å². The van der Waals surface area contributed by atoms with E-state index in [0.717, 1.165) is 25.7 Å². The minimum atomic E-state index is 0. The molecule has 0 aromatic heterocycles. The summed E-state index contributed by atoms with van der Waals surface area (Å²) in [6, 6.07) is 32.7. The van der Waals surface area contributed by atoms with Gasteiger partial charge in [-0.1, -0.05) is 76.3 Å². The largest absolute Gasteiger partial charge is 0.273 e. The Morgan fingerprint density at radius 2 is 1.28 bits per heavy atom. The van der Waals surface area contributed by atoms with Crippen LogP contribution >= 0.6 is 24.8 Å². The Hall–Kier alpha value is -2.31. The van der Waals surface area contributed by atoms with Crippen molar-refractivity contribution < 1.29 is 24.2 Å². The molecule has 0 spiro atoms. The molecule has 3 heteroatoms. The van der Waals surface area contributed by atoms with Crippen LogP contribution < -0.4 is 0 Å². The van der Waals surface area contributed by atoms with Crippen LogP contribution in [0.1, 0.15) is 92.5 Å². The molecule has 240 valence electrons. The second kappa shape index (κ2) is 17.7. The van der Waals surface area contributed by atoms with Crippen molar-refractivity contribution in [1.29, 1.82) is 0 Å². The summed E-state index contributed by atoms with van der Waals surface area (Å²) >= 11 is 1.55. The van der Waals surface area contributed by atoms with Crippen LogP contribution in [0.3, 0.4) is 0 Å². The molecular formula is C43H50Cl2Zr. The van der Waals surface area contributed by atoms with E-state index in [-0.39, 0.29) is 35.6 Å². The summed E-state index contributed by atoms with van der Waals surface area (Å²) in [6.07, 6.45) is 13.3. The van der Waals surface area contributed by atoms with Gasteiger partial charge < -0.3 is 0 Å². The molecule has 0 unspecified atom stereocenters. The number of benzene rings is 4. The van der Waals surface area contributed by atoms with Gasteiger partial charge in [0.15, 0.2) is 0 Å². The summed E-state index contributed by atoms with van der Waals surface area (Å²) in [5.41, 5.74) is 14.3. The topological polar surface area (TPSA) is 0 Å². The molecule has 0 amide bonds. The van der Waals surface area contributed by atoms with Crippen molar-refractivity contribution in [2.45, 2.75) is 91.9 Å². The molecule has 0 fully saturated rings. The molecule has 46 heavy (non-hydrogen) atoms. The first-order valence-corrected chi connectivity index (χ1v) is 17.1. The number of hydrogen-bond acceptors (Lipinski definition) is 0. The molecule has 0 radical (unpaired) electrons. The molecule has 0 aliphatic heterocycles. The minimum absolute atomic E-state index is 0. The first kappa shape index (κ1) is 39.9. The summed E-state index contributed by atoms with van der Waals surface area (Å²) < 4.78 is 1.61. The number of allylic oxidation sites excluding steroid dienone is 4. The number of fused-ring (bicyclic) bond motifs is 3. The molecule has 0 N–H and O–H groups in total. The van der Waals surface area contributed by atoms with E-state index in [1.165, 1.54) is 55.6 Å². The maximum absolute atomic E-state index is 3.53. The summed E-state index contributed by atoms with van der Waals surface area (Å²) in [5.74, 6) is 0. The van der Waals surface area contributed by atoms with E-state index < -0.39 is 0 Å². The molecule has 0 heterocycles. The van der Waals surface area contributed by atoms with E-state index in [9.17, 15) is 0 Å². The van der Waals surface area contributed by atoms with Gasteiger partial charge in [-0.2, -0.15) is 35.4 Å². The molecule has 0 saturated carbocycles. The maximum atomic E-state index is 3.53. The summed E-state index contributed by atoms with van der Waals surface area (Å²) in [6.45, 7) is 18.0. The van der Waals surface area contributed by atoms with Gasteiger partial charge in [0.1, 0.15) is 0 Å². The molecule has 4 aromatic rings. The zero-order valence-electron chi connectivity index (χ0n) is 28.9. The van der Waals surface area contributed by atoms with Gasteiger partial charge in [0.05, 0.1) is 0 Å². The van der Waals surface area contributed by atoms with E-state index >= 15 is 0 Å². The van der Waals surface area contributed by atoms with Crippen LogP contribution in [-0.2, 0) is 54.3 Å². The van der Waals surface area contributed by atoms with Crippen molar-refractivity contribution in [3.8, 4) is 11.1 Å². The first-order valence-electron chi connectivity index (χ1n) is 15.9. The number of hydrogen-bond donors (Lipinski definition) is 0. The molecule has 0 saturated heterocycles. The average molecular weight is 729 g/mol. The van der Waals surface area contributed by atoms with Gasteiger partial charge in [0.2, 0.25) is 0 Å². The Kier molecular flexibility index (Phi) is 15.4. The monoisotopic (exact) mass is 726 g/mol. The van der Waals surface area contributed by atoms with Crippen LogP contribution in [-0.4, -0.2) is 3.21 Å². The van der Waals surface area contributed by atoms with Crippen molar-refractivity contribution >= 4 is 28.0 Å². The Bertz CT molecular complexity index is 1540. The molecular weight excluding hydrogens is 679 g/mol. The third-order valence-electron chi connectivity index (χ3n) is 8.11. The molecule has 2 aliphatic carbocycles. The first-order chi connectivity index (χ1) is 20.8. The predicted octanol–water partition coefficient (Wildman–Crippen LogP) is 11.6. The zero-order valence-corrected chi connectivity index (χ0v) is 33.0. The van der Waals surface area contributed by atoms with Crippen LogP contribution in [0.4, 0.5) is 0 Å². The van der Waals surface area contributed by atoms with Crippen LogP contribution in [0.15, 0.2) is 97.1 Å². The number of aryl methyl sites for hydroxylation is 2. The third kappa shape index (κ3) is 11.7. The van der Waals surface area contributed by atoms with Crippen molar-refractivity contribution in [2.24, 2.45) is 0 Å². The predicted molar refractivity (Wildman–Crippen MR) is 202 cm³/mol. The van der Waals surface area contributed by atoms with Gasteiger partial charge in [-0.05, 0) is 17.4 Å². The van der Waals surface area contributed by atoms with Crippen molar-refractivity contribution in [3.63, 3.8) is 0 Å². The van der Waals surface area contributed by atoms with E-state index in [1.54, 1.807) is 27.4 Å². The zero-order chi connectivity index (χ0) is 31.9. The minimum Gasteiger partial charge on any atom is -0.273 e. The van der Waals surface area contributed by atoms with Crippen LogP contribution in [0.2, 0.25) is 0 Å². The molecule has 2 aliphatic rings. The Morgan fingerprint density at radius 1 is 0.717 bits per heavy atom. The molecule has 4 aromatic carbocycles. The molecule has 0 bridgehead atoms. The van der Waals surface area contributed by atoms with Gasteiger partial charge in [-0.3, -0.25) is 6.08 Å². The smallest absolute Gasteiger partial charge is 0.109 e. The summed E-state index contributed by atoms with van der Waals surface area (Å²) in [7, 11) is 0. The molecule has 0 nitrogen and oxygen atoms in total. The Labute approximate surface area is 307 Å². The Balaban J connectivity index is 0.000000270. The van der Waals surface area contributed by atoms with Crippen molar-refractivity contribution in [3.05, 3.63) is 154 Å². The number of halogens is 2. The van der Waals surface area contributed by atoms with E-state index in [1.807, 2.05) is 12.2 Å². The second-order valence-corrected chi connectivity index (χ2v) is 16.0. The van der Waals surface area contributed by atoms with Crippen molar-refractivity contribution in [1.82, 2.24) is 0 Å². The Morgan fingerprint density at radius 3 is 1.74 bits per heavy atom. The van der Waals surface area contributed by atoms with E-state index in [4.69, 9.17) is 0 Å². The standard InChI is InChI=1S/C21H25.C17H18.C5H5.2ClH.Zr/c1-20(2,3)16-9-7-14-11-15-8-10-17(21(4,5)6)13-19(15)18(14)12-16;1-14-6-3-8-16(12-14)10-5-11-17-9-4-7-15(2)13-17;1-2-4-5-3-1;;;/h7,9-10,12-13H,11H2,1-6H3;3-4,6-9,12-13H,10-11H2,1-2H3;1-3H,4H2;2*1H;/q-1;;-1;;;+2. The number of rotatable bonds is 4. The normalized spacial score (nSPS) is 12.4. The van der Waals surface area contributed by atoms with Gasteiger partial charge in [0, 0.05) is 0 Å². The van der Waals surface area contributed by atoms with Crippen LogP contribution in [0, 0.1) is 26.0 Å². The van der Waals surface area contributed by atoms with E-state index in [0.29, 0.717) is 0 Å². The van der Waals surface area contributed by atoms with Crippen molar-refractivity contribution in [2.75, 3.05) is 0 Å². The average Bonchev–Trinajstić information content (AvgIpc) is 3.64. The summed E-state index contributed by atoms with van der Waals surface area (Å²) in [4.78, 5) is 0. The molecule has 6 rings (SSSR count). The quantitative estimate of drug-likeness (QED) is 0.162. The van der Waals surface area contributed by atoms with Crippen LogP contribution in [0.5, 0.6) is 0 Å². The molecule has 0 atom stereocenters. The van der Waals surface area contributed by atoms with Crippen LogP contribution in [0.25, 0.3) is 11.1 Å². The fraction of sp³-hybridized carbons (Fsp3) is 0.326. The van der Waals surface area contributed by atoms with Gasteiger partial charge in [0.25, 0.3) is 0 Å². The third-order valence-corrected chi connectivity index (χ3v) is 8.98.